The minimum absolute atomic E-state index is 0.0981. The molecule has 0 bridgehead atoms. The summed E-state index contributed by atoms with van der Waals surface area (Å²) in [5.41, 5.74) is 5.97. The van der Waals surface area contributed by atoms with Crippen LogP contribution in [0.5, 0.6) is 0 Å². The summed E-state index contributed by atoms with van der Waals surface area (Å²) in [6.45, 7) is 6.05. The normalized spacial score (nSPS) is 11.1. The molecule has 6 heteroatoms. The van der Waals surface area contributed by atoms with Crippen molar-refractivity contribution in [3.63, 3.8) is 0 Å². The summed E-state index contributed by atoms with van der Waals surface area (Å²) in [5.74, 6) is 1.18. The quantitative estimate of drug-likeness (QED) is 0.321. The van der Waals surface area contributed by atoms with Crippen LogP contribution in [0.2, 0.25) is 0 Å². The molecule has 0 N–H and O–H groups in total. The first-order valence-electron chi connectivity index (χ1n) is 9.82. The zero-order chi connectivity index (χ0) is 21.3. The number of Topliss-reactive ketones (excluding diaryl/α,β-unsaturated/α-hetero) is 1. The molecule has 5 nitrogen and oxygen atoms in total. The number of hydrogen-bond donors (Lipinski definition) is 0. The Hall–Kier alpha value is -3.12. The Kier molecular flexibility index (Phi) is 5.59. The van der Waals surface area contributed by atoms with E-state index in [4.69, 9.17) is 0 Å². The first-order chi connectivity index (χ1) is 14.5. The Morgan fingerprint density at radius 3 is 2.40 bits per heavy atom. The molecule has 0 radical (unpaired) electrons. The fourth-order valence-corrected chi connectivity index (χ4v) is 4.33. The largest absolute Gasteiger partial charge is 0.351 e. The van der Waals surface area contributed by atoms with Crippen molar-refractivity contribution >= 4 is 17.5 Å². The molecular formula is C24H24N4OS. The van der Waals surface area contributed by atoms with E-state index in [0.717, 1.165) is 39.6 Å². The standard InChI is InChI=1S/C24H24N4OS/c1-16-9-8-10-19(13-16)23-25-26-24(28(23)20-11-6-5-7-12-20)30-15-22(29)21-14-17(2)27(4)18(21)3/h5-14H,15H2,1-4H3. The van der Waals surface area contributed by atoms with Crippen LogP contribution in [0.4, 0.5) is 0 Å². The Bertz CT molecular complexity index is 1210. The molecule has 0 saturated heterocycles. The maximum atomic E-state index is 12.9. The molecule has 0 unspecified atom stereocenters. The number of carbonyl (C=O) groups is 1. The van der Waals surface area contributed by atoms with Crippen LogP contribution in [0.25, 0.3) is 17.1 Å². The van der Waals surface area contributed by atoms with Gasteiger partial charge in [-0.05, 0) is 45.0 Å². The highest BCUT2D eigenvalue weighted by atomic mass is 32.2. The van der Waals surface area contributed by atoms with Gasteiger partial charge in [-0.3, -0.25) is 9.36 Å². The van der Waals surface area contributed by atoms with E-state index in [1.807, 2.05) is 78.6 Å². The van der Waals surface area contributed by atoms with Crippen LogP contribution in [0.3, 0.4) is 0 Å². The number of para-hydroxylation sites is 1. The van der Waals surface area contributed by atoms with E-state index < -0.39 is 0 Å². The van der Waals surface area contributed by atoms with Gasteiger partial charge >= 0.3 is 0 Å². The summed E-state index contributed by atoms with van der Waals surface area (Å²) in [7, 11) is 1.98. The molecule has 2 aromatic heterocycles. The van der Waals surface area contributed by atoms with Gasteiger partial charge in [0, 0.05) is 35.2 Å². The van der Waals surface area contributed by atoms with Crippen LogP contribution < -0.4 is 0 Å². The molecule has 0 atom stereocenters. The van der Waals surface area contributed by atoms with Crippen LogP contribution in [-0.2, 0) is 7.05 Å². The molecule has 4 aromatic rings. The maximum Gasteiger partial charge on any atom is 0.196 e. The van der Waals surface area contributed by atoms with Crippen molar-refractivity contribution in [2.24, 2.45) is 7.05 Å². The second-order valence-electron chi connectivity index (χ2n) is 7.40. The van der Waals surface area contributed by atoms with Gasteiger partial charge in [-0.2, -0.15) is 0 Å². The van der Waals surface area contributed by atoms with Gasteiger partial charge in [-0.1, -0.05) is 53.7 Å². The third kappa shape index (κ3) is 3.83. The molecule has 4 rings (SSSR count). The van der Waals surface area contributed by atoms with Gasteiger partial charge in [-0.15, -0.1) is 10.2 Å². The van der Waals surface area contributed by atoms with Crippen molar-refractivity contribution in [3.8, 4) is 17.1 Å². The second-order valence-corrected chi connectivity index (χ2v) is 8.34. The highest BCUT2D eigenvalue weighted by Crippen LogP contribution is 2.29. The second kappa shape index (κ2) is 8.32. The lowest BCUT2D eigenvalue weighted by atomic mass is 10.1. The zero-order valence-corrected chi connectivity index (χ0v) is 18.4. The number of thioether (sulfide) groups is 1. The van der Waals surface area contributed by atoms with E-state index in [-0.39, 0.29) is 5.78 Å². The van der Waals surface area contributed by atoms with E-state index in [9.17, 15) is 4.79 Å². The average Bonchev–Trinajstić information content (AvgIpc) is 3.29. The predicted molar refractivity (Wildman–Crippen MR) is 121 cm³/mol. The van der Waals surface area contributed by atoms with Crippen molar-refractivity contribution in [2.45, 2.75) is 25.9 Å². The van der Waals surface area contributed by atoms with Crippen molar-refractivity contribution in [1.29, 1.82) is 0 Å². The SMILES string of the molecule is Cc1cccc(-c2nnc(SCC(=O)c3cc(C)n(C)c3C)n2-c2ccccc2)c1. The van der Waals surface area contributed by atoms with Gasteiger partial charge in [0.15, 0.2) is 16.8 Å². The van der Waals surface area contributed by atoms with Gasteiger partial charge in [0.2, 0.25) is 0 Å². The minimum Gasteiger partial charge on any atom is -0.351 e. The molecular weight excluding hydrogens is 392 g/mol. The number of nitrogens with zero attached hydrogens (tertiary/aromatic N) is 4. The molecule has 0 spiro atoms. The number of benzene rings is 2. The first-order valence-corrected chi connectivity index (χ1v) is 10.8. The highest BCUT2D eigenvalue weighted by Gasteiger charge is 2.19. The minimum atomic E-state index is 0.0981. The summed E-state index contributed by atoms with van der Waals surface area (Å²) in [6.07, 6.45) is 0. The van der Waals surface area contributed by atoms with E-state index >= 15 is 0 Å². The van der Waals surface area contributed by atoms with E-state index in [0.29, 0.717) is 10.9 Å². The van der Waals surface area contributed by atoms with Gasteiger partial charge in [0.1, 0.15) is 0 Å². The fourth-order valence-electron chi connectivity index (χ4n) is 3.49. The maximum absolute atomic E-state index is 12.9. The van der Waals surface area contributed by atoms with E-state index in [1.165, 1.54) is 11.8 Å². The number of carbonyl (C=O) groups excluding carboxylic acids is 1. The molecule has 0 saturated carbocycles. The molecule has 0 aliphatic carbocycles. The summed E-state index contributed by atoms with van der Waals surface area (Å²) < 4.78 is 4.07. The molecule has 152 valence electrons. The summed E-state index contributed by atoms with van der Waals surface area (Å²) in [6, 6.07) is 20.2. The van der Waals surface area contributed by atoms with Gasteiger partial charge in [0.25, 0.3) is 0 Å². The van der Waals surface area contributed by atoms with Crippen LogP contribution in [0.1, 0.15) is 27.3 Å². The first kappa shape index (κ1) is 20.2. The molecule has 2 heterocycles. The Morgan fingerprint density at radius 2 is 1.73 bits per heavy atom. The lowest BCUT2D eigenvalue weighted by Gasteiger charge is -2.10. The van der Waals surface area contributed by atoms with Crippen molar-refractivity contribution < 1.29 is 4.79 Å². The topological polar surface area (TPSA) is 52.7 Å². The lowest BCUT2D eigenvalue weighted by molar-refractivity contribution is 0.102. The van der Waals surface area contributed by atoms with Crippen molar-refractivity contribution in [2.75, 3.05) is 5.75 Å². The third-order valence-electron chi connectivity index (χ3n) is 5.33. The van der Waals surface area contributed by atoms with Gasteiger partial charge in [-0.25, -0.2) is 0 Å². The Labute approximate surface area is 180 Å². The van der Waals surface area contributed by atoms with Gasteiger partial charge < -0.3 is 4.57 Å². The molecule has 0 fully saturated rings. The van der Waals surface area contributed by atoms with E-state index in [1.54, 1.807) is 0 Å². The molecule has 0 aliphatic heterocycles. The molecule has 0 amide bonds. The molecule has 0 aliphatic rings. The van der Waals surface area contributed by atoms with E-state index in [2.05, 4.69) is 29.3 Å². The van der Waals surface area contributed by atoms with Crippen LogP contribution >= 0.6 is 11.8 Å². The number of aryl methyl sites for hydroxylation is 2. The summed E-state index contributed by atoms with van der Waals surface area (Å²) >= 11 is 1.42. The fraction of sp³-hybridized carbons (Fsp3) is 0.208. The third-order valence-corrected chi connectivity index (χ3v) is 6.26. The van der Waals surface area contributed by atoms with Crippen LogP contribution in [0, 0.1) is 20.8 Å². The number of rotatable bonds is 6. The Morgan fingerprint density at radius 1 is 0.967 bits per heavy atom. The molecule has 2 aromatic carbocycles. The molecule has 30 heavy (non-hydrogen) atoms. The predicted octanol–water partition coefficient (Wildman–Crippen LogP) is 5.17. The lowest BCUT2D eigenvalue weighted by Crippen LogP contribution is -2.06. The van der Waals surface area contributed by atoms with Gasteiger partial charge in [0.05, 0.1) is 5.75 Å². The Balaban J connectivity index is 1.68. The summed E-state index contributed by atoms with van der Waals surface area (Å²) in [4.78, 5) is 12.9. The number of aromatic nitrogens is 4. The average molecular weight is 417 g/mol. The highest BCUT2D eigenvalue weighted by molar-refractivity contribution is 7.99. The number of hydrogen-bond acceptors (Lipinski definition) is 4. The van der Waals surface area contributed by atoms with Crippen LogP contribution in [0.15, 0.2) is 65.8 Å². The van der Waals surface area contributed by atoms with Crippen molar-refractivity contribution in [3.05, 3.63) is 83.2 Å². The van der Waals surface area contributed by atoms with Crippen LogP contribution in [-0.4, -0.2) is 30.9 Å². The summed E-state index contributed by atoms with van der Waals surface area (Å²) in [5, 5.41) is 9.60. The smallest absolute Gasteiger partial charge is 0.196 e. The monoisotopic (exact) mass is 416 g/mol. The van der Waals surface area contributed by atoms with Crippen molar-refractivity contribution in [1.82, 2.24) is 19.3 Å². The zero-order valence-electron chi connectivity index (χ0n) is 17.6. The number of ketones is 1.